The molecule has 0 radical (unpaired) electrons. The Morgan fingerprint density at radius 2 is 2.37 bits per heavy atom. The summed E-state index contributed by atoms with van der Waals surface area (Å²) in [7, 11) is 0. The number of nitrogen functional groups attached to an aromatic ring is 1. The smallest absolute Gasteiger partial charge is 0.213 e. The predicted molar refractivity (Wildman–Crippen MR) is 72.0 cm³/mol. The van der Waals surface area contributed by atoms with E-state index in [1.165, 1.54) is 17.7 Å². The summed E-state index contributed by atoms with van der Waals surface area (Å²) in [6.07, 6.45) is 3.15. The summed E-state index contributed by atoms with van der Waals surface area (Å²) in [5.41, 5.74) is 5.64. The lowest BCUT2D eigenvalue weighted by Gasteiger charge is -2.33. The fourth-order valence-electron chi connectivity index (χ4n) is 1.99. The van der Waals surface area contributed by atoms with Crippen LogP contribution in [0.15, 0.2) is 17.1 Å². The Balaban J connectivity index is 0.00000133. The maximum atomic E-state index is 5.64. The molecular formula is C10H14ClN5O2S. The van der Waals surface area contributed by atoms with E-state index >= 15 is 0 Å². The van der Waals surface area contributed by atoms with Crippen molar-refractivity contribution in [3.8, 4) is 0 Å². The Bertz CT molecular complexity index is 506. The van der Waals surface area contributed by atoms with Crippen LogP contribution in [0, 0.1) is 0 Å². The fourth-order valence-corrected chi connectivity index (χ4v) is 2.70. The number of thiazole rings is 1. The molecule has 1 unspecified atom stereocenters. The minimum atomic E-state index is 0. The second kappa shape index (κ2) is 6.29. The maximum absolute atomic E-state index is 5.64. The van der Waals surface area contributed by atoms with E-state index < -0.39 is 0 Å². The van der Waals surface area contributed by atoms with Crippen molar-refractivity contribution in [1.29, 1.82) is 0 Å². The molecule has 0 aliphatic carbocycles. The lowest BCUT2D eigenvalue weighted by atomic mass is 10.2. The minimum absolute atomic E-state index is 0. The first-order chi connectivity index (χ1) is 8.83. The highest BCUT2D eigenvalue weighted by Gasteiger charge is 2.28. The molecule has 7 nitrogen and oxygen atoms in total. The van der Waals surface area contributed by atoms with E-state index in [-0.39, 0.29) is 18.4 Å². The van der Waals surface area contributed by atoms with Crippen molar-refractivity contribution in [2.24, 2.45) is 0 Å². The Morgan fingerprint density at radius 1 is 1.47 bits per heavy atom. The van der Waals surface area contributed by atoms with Gasteiger partial charge in [-0.1, -0.05) is 5.16 Å². The number of halogens is 1. The number of hydrogen-bond acceptors (Lipinski definition) is 8. The highest BCUT2D eigenvalue weighted by Crippen LogP contribution is 2.25. The molecule has 1 aliphatic heterocycles. The first-order valence-corrected chi connectivity index (χ1v) is 6.43. The Hall–Kier alpha value is -1.22. The highest BCUT2D eigenvalue weighted by molar-refractivity contribution is 7.15. The van der Waals surface area contributed by atoms with Crippen molar-refractivity contribution in [1.82, 2.24) is 20.0 Å². The van der Waals surface area contributed by atoms with Crippen LogP contribution in [0.25, 0.3) is 0 Å². The SMILES string of the molecule is Cl.Nc1ncc(CN2CCOCC2c2ncon2)s1. The van der Waals surface area contributed by atoms with Crippen molar-refractivity contribution < 1.29 is 9.26 Å². The van der Waals surface area contributed by atoms with E-state index in [4.69, 9.17) is 15.0 Å². The van der Waals surface area contributed by atoms with E-state index in [9.17, 15) is 0 Å². The molecular weight excluding hydrogens is 290 g/mol. The molecule has 2 N–H and O–H groups in total. The van der Waals surface area contributed by atoms with Gasteiger partial charge in [0.2, 0.25) is 6.39 Å². The topological polar surface area (TPSA) is 90.3 Å². The Labute approximate surface area is 120 Å². The van der Waals surface area contributed by atoms with Gasteiger partial charge in [-0.3, -0.25) is 4.90 Å². The van der Waals surface area contributed by atoms with Crippen LogP contribution in [-0.4, -0.2) is 39.8 Å². The maximum Gasteiger partial charge on any atom is 0.213 e. The first-order valence-electron chi connectivity index (χ1n) is 5.61. The molecule has 2 aromatic rings. The molecule has 0 saturated carbocycles. The van der Waals surface area contributed by atoms with E-state index in [0.717, 1.165) is 18.0 Å². The predicted octanol–water partition coefficient (Wildman–Crippen LogP) is 1.10. The number of morpholine rings is 1. The number of hydrogen-bond donors (Lipinski definition) is 1. The van der Waals surface area contributed by atoms with Gasteiger partial charge in [0.1, 0.15) is 0 Å². The number of rotatable bonds is 3. The third-order valence-electron chi connectivity index (χ3n) is 2.85. The molecule has 9 heteroatoms. The van der Waals surface area contributed by atoms with Crippen LogP contribution in [-0.2, 0) is 11.3 Å². The number of nitrogens with two attached hydrogens (primary N) is 1. The molecule has 0 bridgehead atoms. The fraction of sp³-hybridized carbons (Fsp3) is 0.500. The average molecular weight is 304 g/mol. The van der Waals surface area contributed by atoms with Gasteiger partial charge < -0.3 is 15.0 Å². The van der Waals surface area contributed by atoms with E-state index in [1.807, 2.05) is 6.20 Å². The van der Waals surface area contributed by atoms with Gasteiger partial charge >= 0.3 is 0 Å². The molecule has 1 saturated heterocycles. The molecule has 0 spiro atoms. The van der Waals surface area contributed by atoms with Crippen LogP contribution in [0.5, 0.6) is 0 Å². The second-order valence-electron chi connectivity index (χ2n) is 4.02. The quantitative estimate of drug-likeness (QED) is 0.908. The normalized spacial score (nSPS) is 20.1. The Kier molecular flexibility index (Phi) is 4.70. The third kappa shape index (κ3) is 3.21. The number of aromatic nitrogens is 3. The van der Waals surface area contributed by atoms with Crippen LogP contribution < -0.4 is 5.73 Å². The lowest BCUT2D eigenvalue weighted by Crippen LogP contribution is -2.39. The van der Waals surface area contributed by atoms with Crippen LogP contribution >= 0.6 is 23.7 Å². The van der Waals surface area contributed by atoms with Gasteiger partial charge in [-0.25, -0.2) is 4.98 Å². The zero-order chi connectivity index (χ0) is 12.4. The number of anilines is 1. The summed E-state index contributed by atoms with van der Waals surface area (Å²) < 4.78 is 10.3. The molecule has 3 heterocycles. The van der Waals surface area contributed by atoms with E-state index in [0.29, 0.717) is 24.2 Å². The minimum Gasteiger partial charge on any atom is -0.378 e. The van der Waals surface area contributed by atoms with E-state index in [1.54, 1.807) is 0 Å². The van der Waals surface area contributed by atoms with Gasteiger partial charge in [0, 0.05) is 24.2 Å². The van der Waals surface area contributed by atoms with Gasteiger partial charge in [0.15, 0.2) is 11.0 Å². The third-order valence-corrected chi connectivity index (χ3v) is 3.66. The number of ether oxygens (including phenoxy) is 1. The average Bonchev–Trinajstić information content (AvgIpc) is 3.02. The summed E-state index contributed by atoms with van der Waals surface area (Å²) in [6.45, 7) is 2.89. The van der Waals surface area contributed by atoms with Crippen LogP contribution in [0.1, 0.15) is 16.7 Å². The van der Waals surface area contributed by atoms with Gasteiger partial charge in [-0.2, -0.15) is 4.98 Å². The van der Waals surface area contributed by atoms with Crippen LogP contribution in [0.3, 0.4) is 0 Å². The zero-order valence-electron chi connectivity index (χ0n) is 10.1. The largest absolute Gasteiger partial charge is 0.378 e. The van der Waals surface area contributed by atoms with Crippen molar-refractivity contribution in [2.45, 2.75) is 12.6 Å². The van der Waals surface area contributed by atoms with Crippen molar-refractivity contribution in [2.75, 3.05) is 25.5 Å². The molecule has 1 atom stereocenters. The summed E-state index contributed by atoms with van der Waals surface area (Å²) in [6, 6.07) is 0.0285. The second-order valence-corrected chi connectivity index (χ2v) is 5.16. The van der Waals surface area contributed by atoms with Gasteiger partial charge in [0.05, 0.1) is 19.3 Å². The van der Waals surface area contributed by atoms with Crippen LogP contribution in [0.4, 0.5) is 5.13 Å². The van der Waals surface area contributed by atoms with Gasteiger partial charge in [-0.05, 0) is 0 Å². The van der Waals surface area contributed by atoms with Crippen molar-refractivity contribution >= 4 is 28.9 Å². The lowest BCUT2D eigenvalue weighted by molar-refractivity contribution is -0.0162. The molecule has 19 heavy (non-hydrogen) atoms. The summed E-state index contributed by atoms with van der Waals surface area (Å²) in [4.78, 5) is 11.5. The van der Waals surface area contributed by atoms with Gasteiger partial charge in [-0.15, -0.1) is 23.7 Å². The molecule has 3 rings (SSSR count). The monoisotopic (exact) mass is 303 g/mol. The standard InChI is InChI=1S/C10H13N5O2S.ClH/c11-10-12-3-7(18-10)4-15-1-2-16-5-8(15)9-13-6-17-14-9;/h3,6,8H,1-2,4-5H2,(H2,11,12);1H. The molecule has 1 fully saturated rings. The van der Waals surface area contributed by atoms with E-state index in [2.05, 4.69) is 20.0 Å². The summed E-state index contributed by atoms with van der Waals surface area (Å²) in [5, 5.41) is 4.48. The first kappa shape index (κ1) is 14.2. The molecule has 104 valence electrons. The highest BCUT2D eigenvalue weighted by atomic mass is 35.5. The summed E-state index contributed by atoms with van der Waals surface area (Å²) in [5.74, 6) is 0.659. The molecule has 1 aliphatic rings. The molecule has 0 aromatic carbocycles. The van der Waals surface area contributed by atoms with Crippen molar-refractivity contribution in [3.05, 3.63) is 23.3 Å². The Morgan fingerprint density at radius 3 is 3.05 bits per heavy atom. The molecule has 0 amide bonds. The summed E-state index contributed by atoms with van der Waals surface area (Å²) >= 11 is 1.50. The number of nitrogens with zero attached hydrogens (tertiary/aromatic N) is 4. The van der Waals surface area contributed by atoms with Crippen molar-refractivity contribution in [3.63, 3.8) is 0 Å². The van der Waals surface area contributed by atoms with Crippen LogP contribution in [0.2, 0.25) is 0 Å². The molecule has 2 aromatic heterocycles. The zero-order valence-corrected chi connectivity index (χ0v) is 11.7. The van der Waals surface area contributed by atoms with Gasteiger partial charge in [0.25, 0.3) is 0 Å².